The molecule has 0 radical (unpaired) electrons. The lowest BCUT2D eigenvalue weighted by Gasteiger charge is -2.31. The first-order chi connectivity index (χ1) is 35.4. The van der Waals surface area contributed by atoms with Gasteiger partial charge in [-0.15, -0.1) is 0 Å². The van der Waals surface area contributed by atoms with Crippen molar-refractivity contribution in [3.05, 3.63) is 225 Å². The first-order valence-electron chi connectivity index (χ1n) is 25.1. The van der Waals surface area contributed by atoms with E-state index in [9.17, 15) is 0 Å². The minimum atomic E-state index is -0.717. The van der Waals surface area contributed by atoms with Crippen molar-refractivity contribution in [2.24, 2.45) is 0 Å². The van der Waals surface area contributed by atoms with E-state index in [4.69, 9.17) is 32.8 Å². The number of hydrogen-bond donors (Lipinski definition) is 0. The molecule has 9 heteroatoms. The summed E-state index contributed by atoms with van der Waals surface area (Å²) in [5.74, 6) is 3.37. The Morgan fingerprint density at radius 1 is 0.571 bits per heavy atom. The molecule has 8 aromatic carbocycles. The van der Waals surface area contributed by atoms with Gasteiger partial charge in [-0.2, -0.15) is 0 Å². The Labute approximate surface area is 378 Å². The van der Waals surface area contributed by atoms with E-state index in [1.807, 2.05) is 138 Å². The van der Waals surface area contributed by atoms with Gasteiger partial charge in [-0.25, -0.2) is 4.98 Å². The summed E-state index contributed by atoms with van der Waals surface area (Å²) >= 11 is 0. The van der Waals surface area contributed by atoms with Crippen LogP contribution in [0.1, 0.15) is 13.7 Å². The number of ether oxygens (including phenoxy) is 2. The average Bonchev–Trinajstić information content (AvgIpc) is 3.95. The topological polar surface area (TPSA) is 55.9 Å². The van der Waals surface area contributed by atoms with E-state index in [0.29, 0.717) is 51.3 Å². The SMILES string of the molecule is [2H]c1c([2H])c([2H])c(-c2cccc(-c3c([2H])c([2H])c([2H])c([2H])c3[2H])c2-[n+]2[c-]n(-c3cccc(Oc4ccc5c(c4)N(c4ccccn4)B4Oc6ccccc6Oc6ccccc6N45)c3)c3ccccc32)c([2H])c1[2H]. The molecule has 0 aliphatic carbocycles. The van der Waals surface area contributed by atoms with Crippen molar-refractivity contribution in [2.45, 2.75) is 0 Å². The molecule has 63 heavy (non-hydrogen) atoms. The Morgan fingerprint density at radius 3 is 2.03 bits per heavy atom. The number of rotatable bonds is 7. The third-order valence-electron chi connectivity index (χ3n) is 10.9. The lowest BCUT2D eigenvalue weighted by molar-refractivity contribution is -0.571. The molecule has 0 amide bonds. The number of hydrogen-bond acceptors (Lipinski definition) is 6. The van der Waals surface area contributed by atoms with Crippen LogP contribution in [0.3, 0.4) is 0 Å². The van der Waals surface area contributed by atoms with Crippen LogP contribution in [0.5, 0.6) is 28.7 Å². The minimum absolute atomic E-state index is 0.143. The maximum atomic E-state index is 9.03. The van der Waals surface area contributed by atoms with Gasteiger partial charge in [-0.3, -0.25) is 9.13 Å². The van der Waals surface area contributed by atoms with Crippen LogP contribution >= 0.6 is 0 Å². The van der Waals surface area contributed by atoms with Crippen molar-refractivity contribution >= 4 is 41.1 Å². The zero-order chi connectivity index (χ0) is 50.4. The van der Waals surface area contributed by atoms with Crippen molar-refractivity contribution in [1.82, 2.24) is 9.55 Å². The van der Waals surface area contributed by atoms with Gasteiger partial charge >= 0.3 is 7.19 Å². The third-order valence-corrected chi connectivity index (χ3v) is 10.9. The molecule has 0 fully saturated rings. The Balaban J connectivity index is 0.997. The van der Waals surface area contributed by atoms with Crippen molar-refractivity contribution in [3.8, 4) is 62.4 Å². The Kier molecular flexibility index (Phi) is 6.58. The predicted octanol–water partition coefficient (Wildman–Crippen LogP) is 12.7. The number of fused-ring (bicyclic) bond motifs is 7. The zero-order valence-electron chi connectivity index (χ0n) is 43.0. The van der Waals surface area contributed by atoms with E-state index in [1.54, 1.807) is 33.5 Å². The van der Waals surface area contributed by atoms with Crippen molar-refractivity contribution < 1.29 is 32.4 Å². The van der Waals surface area contributed by atoms with Crippen molar-refractivity contribution in [2.75, 3.05) is 9.62 Å². The molecule has 2 aliphatic rings. The maximum absolute atomic E-state index is 9.03. The van der Waals surface area contributed by atoms with E-state index >= 15 is 0 Å². The molecule has 298 valence electrons. The molecule has 0 saturated carbocycles. The molecule has 0 bridgehead atoms. The first kappa shape index (κ1) is 27.3. The van der Waals surface area contributed by atoms with Crippen LogP contribution < -0.4 is 28.3 Å². The van der Waals surface area contributed by atoms with Gasteiger partial charge in [0.05, 0.1) is 53.2 Å². The van der Waals surface area contributed by atoms with Crippen LogP contribution in [0.2, 0.25) is 0 Å². The molecule has 8 nitrogen and oxygen atoms in total. The number of aromatic nitrogens is 3. The largest absolute Gasteiger partial charge is 0.629 e. The van der Waals surface area contributed by atoms with Gasteiger partial charge in [0.1, 0.15) is 28.8 Å². The standard InChI is InChI=1S/C54H36BN5O3/c1-3-17-38(18-4-1)43-23-16-24-44(39-19-5-2-6-20-39)54(43)58-37-57(45-25-7-8-26-46(45)58)40-21-15-22-41(35-40)61-42-32-33-47-49(36-42)60(53-31-13-14-34-56-53)55-59(47)48-27-9-10-28-50(48)62-51-29-11-12-30-52(51)63-55/h1-36H/i1D,2D,3D,4D,5D,6D,17D,18D,19D,20D. The summed E-state index contributed by atoms with van der Waals surface area (Å²) in [4.78, 5) is 8.84. The van der Waals surface area contributed by atoms with E-state index in [1.165, 1.54) is 0 Å². The second-order valence-corrected chi connectivity index (χ2v) is 14.6. The molecule has 0 N–H and O–H groups in total. The molecule has 4 heterocycles. The normalized spacial score (nSPS) is 14.8. The van der Waals surface area contributed by atoms with Gasteiger partial charge in [0.2, 0.25) is 0 Å². The Bertz CT molecular complexity index is 3770. The van der Waals surface area contributed by atoms with Crippen molar-refractivity contribution in [1.29, 1.82) is 0 Å². The van der Waals surface area contributed by atoms with Crippen molar-refractivity contribution in [3.63, 3.8) is 0 Å². The fourth-order valence-corrected chi connectivity index (χ4v) is 8.21. The molecule has 0 spiro atoms. The first-order valence-corrected chi connectivity index (χ1v) is 20.1. The van der Waals surface area contributed by atoms with Crippen LogP contribution in [-0.4, -0.2) is 16.7 Å². The van der Waals surface area contributed by atoms with Crippen LogP contribution in [-0.2, 0) is 0 Å². The van der Waals surface area contributed by atoms with Gasteiger partial charge in [0.15, 0.2) is 5.75 Å². The quantitative estimate of drug-likeness (QED) is 0.0906. The lowest BCUT2D eigenvalue weighted by Crippen LogP contribution is -2.49. The molecule has 10 aromatic rings. The highest BCUT2D eigenvalue weighted by Crippen LogP contribution is 2.52. The fraction of sp³-hybridized carbons (Fsp3) is 0. The van der Waals surface area contributed by atoms with Gasteiger partial charge in [-0.1, -0.05) is 139 Å². The summed E-state index contributed by atoms with van der Waals surface area (Å²) in [6.45, 7) is 0. The molecule has 0 saturated heterocycles. The Hall–Kier alpha value is -8.56. The molecule has 2 aliphatic heterocycles. The smallest absolute Gasteiger partial charge is 0.520 e. The average molecular weight is 824 g/mol. The minimum Gasteiger partial charge on any atom is -0.520 e. The summed E-state index contributed by atoms with van der Waals surface area (Å²) in [5.41, 5.74) is 4.29. The van der Waals surface area contributed by atoms with Crippen LogP contribution in [0.4, 0.5) is 22.9 Å². The highest BCUT2D eigenvalue weighted by molar-refractivity contribution is 6.68. The maximum Gasteiger partial charge on any atom is 0.629 e. The lowest BCUT2D eigenvalue weighted by atomic mass is 9.93. The highest BCUT2D eigenvalue weighted by Gasteiger charge is 2.49. The van der Waals surface area contributed by atoms with E-state index in [2.05, 4.69) is 11.1 Å². The second kappa shape index (κ2) is 15.2. The molecule has 2 aromatic heterocycles. The highest BCUT2D eigenvalue weighted by atomic mass is 16.5. The predicted molar refractivity (Wildman–Crippen MR) is 249 cm³/mol. The number of nitrogens with zero attached hydrogens (tertiary/aromatic N) is 5. The fourth-order valence-electron chi connectivity index (χ4n) is 8.21. The summed E-state index contributed by atoms with van der Waals surface area (Å²) in [6.07, 6.45) is 5.16. The zero-order valence-corrected chi connectivity index (χ0v) is 33.0. The molecule has 0 unspecified atom stereocenters. The number of para-hydroxylation sites is 7. The summed E-state index contributed by atoms with van der Waals surface area (Å²) in [5, 5.41) is 0. The molecular formula is C54H36BN5O3. The number of anilines is 4. The summed E-state index contributed by atoms with van der Waals surface area (Å²) in [6, 6.07) is 40.9. The Morgan fingerprint density at radius 2 is 1.25 bits per heavy atom. The second-order valence-electron chi connectivity index (χ2n) is 14.6. The van der Waals surface area contributed by atoms with Gasteiger partial charge < -0.3 is 23.7 Å². The van der Waals surface area contributed by atoms with Gasteiger partial charge in [0, 0.05) is 12.3 Å². The number of benzene rings is 8. The van der Waals surface area contributed by atoms with E-state index in [-0.39, 0.29) is 27.9 Å². The number of imidazole rings is 1. The van der Waals surface area contributed by atoms with Crippen LogP contribution in [0.25, 0.3) is 44.7 Å². The van der Waals surface area contributed by atoms with Gasteiger partial charge in [-0.05, 0) is 89.0 Å². The van der Waals surface area contributed by atoms with E-state index < -0.39 is 67.6 Å². The van der Waals surface area contributed by atoms with Gasteiger partial charge in [0.25, 0.3) is 6.33 Å². The molecule has 12 rings (SSSR count). The number of pyridine rings is 1. The third kappa shape index (κ3) is 6.33. The van der Waals surface area contributed by atoms with Crippen LogP contribution in [0.15, 0.2) is 218 Å². The molecule has 0 atom stereocenters. The van der Waals surface area contributed by atoms with Crippen LogP contribution in [0, 0.1) is 6.33 Å². The van der Waals surface area contributed by atoms with E-state index in [0.717, 1.165) is 17.1 Å². The summed E-state index contributed by atoms with van der Waals surface area (Å²) < 4.78 is 110. The monoisotopic (exact) mass is 823 g/mol. The molecular weight excluding hydrogens is 777 g/mol. The summed E-state index contributed by atoms with van der Waals surface area (Å²) in [7, 11) is -0.717.